The highest BCUT2D eigenvalue weighted by Gasteiger charge is 2.14. The Morgan fingerprint density at radius 1 is 1.15 bits per heavy atom. The van der Waals surface area contributed by atoms with Crippen LogP contribution < -0.4 is 10.1 Å². The van der Waals surface area contributed by atoms with Crippen molar-refractivity contribution in [2.24, 2.45) is 0 Å². The summed E-state index contributed by atoms with van der Waals surface area (Å²) in [6.45, 7) is 4.22. The zero-order chi connectivity index (χ0) is 19.2. The third kappa shape index (κ3) is 4.60. The maximum Gasteiger partial charge on any atom is 0.253 e. The Labute approximate surface area is 162 Å². The molecule has 2 heterocycles. The predicted molar refractivity (Wildman–Crippen MR) is 104 cm³/mol. The van der Waals surface area contributed by atoms with Gasteiger partial charge in [-0.2, -0.15) is 0 Å². The minimum Gasteiger partial charge on any atom is -0.477 e. The molecule has 1 amide bonds. The van der Waals surface area contributed by atoms with E-state index in [4.69, 9.17) is 16.3 Å². The van der Waals surface area contributed by atoms with Crippen molar-refractivity contribution >= 4 is 17.5 Å². The lowest BCUT2D eigenvalue weighted by molar-refractivity contribution is 0.0939. The largest absolute Gasteiger partial charge is 0.477 e. The van der Waals surface area contributed by atoms with Crippen molar-refractivity contribution in [3.63, 3.8) is 0 Å². The smallest absolute Gasteiger partial charge is 0.253 e. The molecule has 2 aromatic heterocycles. The molecule has 27 heavy (non-hydrogen) atoms. The van der Waals surface area contributed by atoms with Gasteiger partial charge < -0.3 is 10.1 Å². The lowest BCUT2D eigenvalue weighted by atomic mass is 10.0. The van der Waals surface area contributed by atoms with Gasteiger partial charge in [0.15, 0.2) is 0 Å². The molecule has 0 unspecified atom stereocenters. The second-order valence-electron chi connectivity index (χ2n) is 5.89. The zero-order valence-corrected chi connectivity index (χ0v) is 15.8. The summed E-state index contributed by atoms with van der Waals surface area (Å²) in [5, 5.41) is 3.26. The second-order valence-corrected chi connectivity index (χ2v) is 6.30. The summed E-state index contributed by atoms with van der Waals surface area (Å²) in [6.07, 6.45) is 6.47. The number of nitrogens with zero attached hydrogens (tertiary/aromatic N) is 3. The minimum absolute atomic E-state index is 0.177. The highest BCUT2D eigenvalue weighted by atomic mass is 35.5. The van der Waals surface area contributed by atoms with Crippen LogP contribution in [0.5, 0.6) is 5.88 Å². The van der Waals surface area contributed by atoms with Crippen LogP contribution in [0, 0.1) is 0 Å². The van der Waals surface area contributed by atoms with E-state index in [9.17, 15) is 4.79 Å². The quantitative estimate of drug-likeness (QED) is 0.695. The number of amides is 1. The Hall–Kier alpha value is -2.99. The molecular weight excluding hydrogens is 364 g/mol. The molecule has 0 aliphatic rings. The van der Waals surface area contributed by atoms with Crippen LogP contribution in [-0.4, -0.2) is 27.5 Å². The highest BCUT2D eigenvalue weighted by molar-refractivity contribution is 6.32. The normalized spacial score (nSPS) is 11.7. The summed E-state index contributed by atoms with van der Waals surface area (Å²) in [5.74, 6) is 0.0738. The molecule has 3 aromatic rings. The van der Waals surface area contributed by atoms with Crippen molar-refractivity contribution in [1.82, 2.24) is 20.3 Å². The van der Waals surface area contributed by atoms with Crippen molar-refractivity contribution in [3.05, 3.63) is 71.4 Å². The molecule has 0 aliphatic carbocycles. The predicted octanol–water partition coefficient (Wildman–Crippen LogP) is 4.08. The number of carbonyl (C=O) groups is 1. The van der Waals surface area contributed by atoms with Crippen LogP contribution in [0.4, 0.5) is 0 Å². The first kappa shape index (κ1) is 18.8. The van der Waals surface area contributed by atoms with Gasteiger partial charge in [0.25, 0.3) is 5.91 Å². The molecule has 0 saturated heterocycles. The maximum absolute atomic E-state index is 12.5. The van der Waals surface area contributed by atoms with Crippen LogP contribution in [-0.2, 0) is 0 Å². The number of ether oxygens (including phenoxy) is 1. The fraction of sp³-hybridized carbons (Fsp3) is 0.200. The first-order chi connectivity index (χ1) is 13.1. The molecule has 138 valence electrons. The summed E-state index contributed by atoms with van der Waals surface area (Å²) in [4.78, 5) is 24.6. The van der Waals surface area contributed by atoms with Gasteiger partial charge in [-0.05, 0) is 31.0 Å². The topological polar surface area (TPSA) is 77.0 Å². The first-order valence-corrected chi connectivity index (χ1v) is 8.91. The van der Waals surface area contributed by atoms with E-state index >= 15 is 0 Å². The number of hydrogen-bond acceptors (Lipinski definition) is 5. The molecule has 1 aromatic carbocycles. The SMILES string of the molecule is CCOc1ncc(C(=O)N[C@@H](C)c2ccc(-c3cncnc3)cc2)cc1Cl. The van der Waals surface area contributed by atoms with Crippen molar-refractivity contribution in [2.45, 2.75) is 19.9 Å². The number of hydrogen-bond donors (Lipinski definition) is 1. The van der Waals surface area contributed by atoms with Gasteiger partial charge in [0, 0.05) is 24.2 Å². The van der Waals surface area contributed by atoms with E-state index in [1.165, 1.54) is 12.5 Å². The number of halogens is 1. The molecular formula is C20H19ClN4O2. The molecule has 0 radical (unpaired) electrons. The molecule has 0 spiro atoms. The van der Waals surface area contributed by atoms with E-state index in [1.807, 2.05) is 38.1 Å². The fourth-order valence-electron chi connectivity index (χ4n) is 2.57. The van der Waals surface area contributed by atoms with E-state index in [0.717, 1.165) is 16.7 Å². The molecule has 0 fully saturated rings. The van der Waals surface area contributed by atoms with Crippen molar-refractivity contribution < 1.29 is 9.53 Å². The van der Waals surface area contributed by atoms with Gasteiger partial charge in [-0.25, -0.2) is 15.0 Å². The summed E-state index contributed by atoms with van der Waals surface area (Å²) in [7, 11) is 0. The van der Waals surface area contributed by atoms with Gasteiger partial charge in [-0.1, -0.05) is 35.9 Å². The van der Waals surface area contributed by atoms with Crippen molar-refractivity contribution in [2.75, 3.05) is 6.61 Å². The van der Waals surface area contributed by atoms with Gasteiger partial charge in [-0.15, -0.1) is 0 Å². The van der Waals surface area contributed by atoms with Gasteiger partial charge in [0.2, 0.25) is 5.88 Å². The molecule has 3 rings (SSSR count). The molecule has 0 aliphatic heterocycles. The molecule has 7 heteroatoms. The molecule has 6 nitrogen and oxygen atoms in total. The number of aromatic nitrogens is 3. The molecule has 1 atom stereocenters. The first-order valence-electron chi connectivity index (χ1n) is 8.53. The summed E-state index contributed by atoms with van der Waals surface area (Å²) in [5.41, 5.74) is 3.32. The average Bonchev–Trinajstić information content (AvgIpc) is 2.70. The van der Waals surface area contributed by atoms with Crippen LogP contribution in [0.2, 0.25) is 5.02 Å². The third-order valence-corrected chi connectivity index (χ3v) is 4.27. The van der Waals surface area contributed by atoms with Crippen LogP contribution in [0.25, 0.3) is 11.1 Å². The van der Waals surface area contributed by atoms with Gasteiger partial charge >= 0.3 is 0 Å². The lowest BCUT2D eigenvalue weighted by Crippen LogP contribution is -2.26. The number of carbonyl (C=O) groups excluding carboxylic acids is 1. The highest BCUT2D eigenvalue weighted by Crippen LogP contribution is 2.24. The Balaban J connectivity index is 1.68. The van der Waals surface area contributed by atoms with Crippen LogP contribution in [0.15, 0.2) is 55.2 Å². The standard InChI is InChI=1S/C20H19ClN4O2/c1-3-27-20-18(21)8-16(11-24-20)19(26)25-13(2)14-4-6-15(7-5-14)17-9-22-12-23-10-17/h4-13H,3H2,1-2H3,(H,25,26)/t13-/m0/s1. The van der Waals surface area contributed by atoms with Gasteiger partial charge in [0.1, 0.15) is 11.3 Å². The molecule has 0 saturated carbocycles. The van der Waals surface area contributed by atoms with E-state index in [2.05, 4.69) is 20.3 Å². The number of benzene rings is 1. The summed E-state index contributed by atoms with van der Waals surface area (Å²) >= 11 is 6.10. The van der Waals surface area contributed by atoms with E-state index < -0.39 is 0 Å². The van der Waals surface area contributed by atoms with E-state index in [-0.39, 0.29) is 11.9 Å². The lowest BCUT2D eigenvalue weighted by Gasteiger charge is -2.15. The van der Waals surface area contributed by atoms with E-state index in [0.29, 0.717) is 23.1 Å². The molecule has 0 bridgehead atoms. The van der Waals surface area contributed by atoms with Gasteiger partial charge in [0.05, 0.1) is 18.2 Å². The Morgan fingerprint density at radius 2 is 1.85 bits per heavy atom. The Bertz CT molecular complexity index is 917. The second kappa shape index (κ2) is 8.60. The number of nitrogens with one attached hydrogen (secondary N) is 1. The van der Waals surface area contributed by atoms with Gasteiger partial charge in [-0.3, -0.25) is 4.79 Å². The maximum atomic E-state index is 12.5. The molecule has 1 N–H and O–H groups in total. The van der Waals surface area contributed by atoms with Crippen LogP contribution in [0.1, 0.15) is 35.8 Å². The van der Waals surface area contributed by atoms with E-state index in [1.54, 1.807) is 18.5 Å². The van der Waals surface area contributed by atoms with Crippen molar-refractivity contribution in [3.8, 4) is 17.0 Å². The summed E-state index contributed by atoms with van der Waals surface area (Å²) < 4.78 is 5.29. The fourth-order valence-corrected chi connectivity index (χ4v) is 2.79. The minimum atomic E-state index is -0.250. The summed E-state index contributed by atoms with van der Waals surface area (Å²) in [6, 6.07) is 9.27. The average molecular weight is 383 g/mol. The Kier molecular flexibility index (Phi) is 5.98. The third-order valence-electron chi connectivity index (χ3n) is 4.00. The van der Waals surface area contributed by atoms with Crippen molar-refractivity contribution in [1.29, 1.82) is 0 Å². The zero-order valence-electron chi connectivity index (χ0n) is 15.0. The van der Waals surface area contributed by atoms with Crippen LogP contribution >= 0.6 is 11.6 Å². The number of rotatable bonds is 6. The number of pyridine rings is 1. The Morgan fingerprint density at radius 3 is 2.48 bits per heavy atom. The monoisotopic (exact) mass is 382 g/mol. The van der Waals surface area contributed by atoms with Crippen LogP contribution in [0.3, 0.4) is 0 Å².